The van der Waals surface area contributed by atoms with Gasteiger partial charge in [0.05, 0.1) is 11.2 Å². The number of pyridine rings is 1. The molecule has 0 spiro atoms. The lowest BCUT2D eigenvalue weighted by Crippen LogP contribution is -2.29. The predicted molar refractivity (Wildman–Crippen MR) is 90.7 cm³/mol. The Morgan fingerprint density at radius 2 is 2.05 bits per heavy atom. The van der Waals surface area contributed by atoms with Crippen LogP contribution in [-0.2, 0) is 6.54 Å². The van der Waals surface area contributed by atoms with Gasteiger partial charge in [0.1, 0.15) is 6.33 Å². The van der Waals surface area contributed by atoms with Gasteiger partial charge in [-0.05, 0) is 45.5 Å². The summed E-state index contributed by atoms with van der Waals surface area (Å²) in [4.78, 5) is 15.3. The highest BCUT2D eigenvalue weighted by Gasteiger charge is 2.07. The van der Waals surface area contributed by atoms with E-state index in [9.17, 15) is 0 Å². The Bertz CT molecular complexity index is 562. The van der Waals surface area contributed by atoms with Crippen molar-refractivity contribution in [3.63, 3.8) is 0 Å². The van der Waals surface area contributed by atoms with Crippen LogP contribution >= 0.6 is 0 Å². The Morgan fingerprint density at radius 3 is 2.82 bits per heavy atom. The predicted octanol–water partition coefficient (Wildman–Crippen LogP) is 2.62. The summed E-state index contributed by atoms with van der Waals surface area (Å²) in [5, 5.41) is 4.60. The molecule has 2 aromatic rings. The molecule has 0 saturated heterocycles. The zero-order chi connectivity index (χ0) is 15.8. The van der Waals surface area contributed by atoms with Crippen molar-refractivity contribution in [1.82, 2.24) is 25.2 Å². The minimum Gasteiger partial charge on any atom is -0.309 e. The molecule has 0 amide bonds. The van der Waals surface area contributed by atoms with Gasteiger partial charge in [-0.3, -0.25) is 4.98 Å². The van der Waals surface area contributed by atoms with Crippen LogP contribution in [-0.4, -0.2) is 45.5 Å². The fraction of sp³-hybridized carbons (Fsp3) is 0.588. The number of nitrogens with one attached hydrogen (secondary N) is 1. The molecule has 0 aliphatic rings. The molecule has 2 aromatic heterocycles. The Balaban J connectivity index is 1.81. The first kappa shape index (κ1) is 16.8. The van der Waals surface area contributed by atoms with Crippen LogP contribution in [0.25, 0.3) is 10.9 Å². The average molecular weight is 301 g/mol. The summed E-state index contributed by atoms with van der Waals surface area (Å²) in [5.41, 5.74) is 1.94. The first-order chi connectivity index (χ1) is 10.7. The van der Waals surface area contributed by atoms with Crippen LogP contribution in [0.1, 0.15) is 39.3 Å². The Hall–Kier alpha value is -1.59. The first-order valence-corrected chi connectivity index (χ1v) is 8.23. The SMILES string of the molecule is CCN(CC)CCCC(C)NCc1nccc2cncnc12. The Morgan fingerprint density at radius 1 is 1.23 bits per heavy atom. The van der Waals surface area contributed by atoms with Crippen molar-refractivity contribution in [1.29, 1.82) is 0 Å². The van der Waals surface area contributed by atoms with Crippen LogP contribution in [0.5, 0.6) is 0 Å². The van der Waals surface area contributed by atoms with Gasteiger partial charge in [0, 0.05) is 30.4 Å². The summed E-state index contributed by atoms with van der Waals surface area (Å²) >= 11 is 0. The second-order valence-electron chi connectivity index (χ2n) is 5.67. The second kappa shape index (κ2) is 8.76. The average Bonchev–Trinajstić information content (AvgIpc) is 2.57. The van der Waals surface area contributed by atoms with Crippen LogP contribution in [0.2, 0.25) is 0 Å². The van der Waals surface area contributed by atoms with E-state index in [1.54, 1.807) is 6.33 Å². The summed E-state index contributed by atoms with van der Waals surface area (Å²) in [6.07, 6.45) is 7.65. The molecule has 0 saturated carbocycles. The lowest BCUT2D eigenvalue weighted by Gasteiger charge is -2.19. The topological polar surface area (TPSA) is 53.9 Å². The molecule has 5 nitrogen and oxygen atoms in total. The number of nitrogens with zero attached hydrogens (tertiary/aromatic N) is 4. The van der Waals surface area contributed by atoms with E-state index in [0.29, 0.717) is 6.04 Å². The van der Waals surface area contributed by atoms with Gasteiger partial charge in [-0.1, -0.05) is 13.8 Å². The first-order valence-electron chi connectivity index (χ1n) is 8.23. The van der Waals surface area contributed by atoms with Crippen molar-refractivity contribution in [2.24, 2.45) is 0 Å². The van der Waals surface area contributed by atoms with Crippen LogP contribution in [0, 0.1) is 0 Å². The molecule has 22 heavy (non-hydrogen) atoms. The standard InChI is InChI=1S/C17H27N5/c1-4-22(5-2)10-6-7-14(3)20-12-16-17-15(8-9-19-16)11-18-13-21-17/h8-9,11,13-14,20H,4-7,10,12H2,1-3H3. The molecule has 2 heterocycles. The van der Waals surface area contributed by atoms with Crippen molar-refractivity contribution < 1.29 is 0 Å². The zero-order valence-corrected chi connectivity index (χ0v) is 13.9. The molecular formula is C17H27N5. The van der Waals surface area contributed by atoms with Crippen LogP contribution < -0.4 is 5.32 Å². The van der Waals surface area contributed by atoms with E-state index in [1.165, 1.54) is 19.4 Å². The van der Waals surface area contributed by atoms with Crippen LogP contribution in [0.3, 0.4) is 0 Å². The van der Waals surface area contributed by atoms with Gasteiger partial charge in [0.25, 0.3) is 0 Å². The third-order valence-electron chi connectivity index (χ3n) is 4.12. The van der Waals surface area contributed by atoms with Crippen LogP contribution in [0.15, 0.2) is 24.8 Å². The molecular weight excluding hydrogens is 274 g/mol. The van der Waals surface area contributed by atoms with Crippen molar-refractivity contribution in [3.8, 4) is 0 Å². The van der Waals surface area contributed by atoms with E-state index < -0.39 is 0 Å². The molecule has 2 rings (SSSR count). The summed E-state index contributed by atoms with van der Waals surface area (Å²) < 4.78 is 0. The summed E-state index contributed by atoms with van der Waals surface area (Å²) in [7, 11) is 0. The largest absolute Gasteiger partial charge is 0.309 e. The maximum Gasteiger partial charge on any atom is 0.116 e. The fourth-order valence-electron chi connectivity index (χ4n) is 2.64. The monoisotopic (exact) mass is 301 g/mol. The number of rotatable bonds is 9. The Kier molecular flexibility index (Phi) is 6.68. The molecule has 5 heteroatoms. The van der Waals surface area contributed by atoms with Gasteiger partial charge in [-0.25, -0.2) is 9.97 Å². The van der Waals surface area contributed by atoms with Crippen molar-refractivity contribution in [3.05, 3.63) is 30.5 Å². The van der Waals surface area contributed by atoms with Crippen molar-refractivity contribution >= 4 is 10.9 Å². The number of hydrogen-bond donors (Lipinski definition) is 1. The van der Waals surface area contributed by atoms with Gasteiger partial charge in [-0.15, -0.1) is 0 Å². The molecule has 1 unspecified atom stereocenters. The van der Waals surface area contributed by atoms with Gasteiger partial charge in [0.15, 0.2) is 0 Å². The molecule has 0 fully saturated rings. The van der Waals surface area contributed by atoms with Crippen molar-refractivity contribution in [2.75, 3.05) is 19.6 Å². The molecule has 1 N–H and O–H groups in total. The summed E-state index contributed by atoms with van der Waals surface area (Å²) in [6, 6.07) is 2.43. The highest BCUT2D eigenvalue weighted by atomic mass is 15.1. The number of fused-ring (bicyclic) bond motifs is 1. The molecule has 0 aliphatic carbocycles. The molecule has 0 aromatic carbocycles. The smallest absolute Gasteiger partial charge is 0.116 e. The van der Waals surface area contributed by atoms with Gasteiger partial charge >= 0.3 is 0 Å². The van der Waals surface area contributed by atoms with Crippen molar-refractivity contribution in [2.45, 2.75) is 46.2 Å². The maximum absolute atomic E-state index is 4.45. The zero-order valence-electron chi connectivity index (χ0n) is 13.9. The van der Waals surface area contributed by atoms with E-state index in [-0.39, 0.29) is 0 Å². The third kappa shape index (κ3) is 4.71. The third-order valence-corrected chi connectivity index (χ3v) is 4.12. The fourth-order valence-corrected chi connectivity index (χ4v) is 2.64. The van der Waals surface area contributed by atoms with Gasteiger partial charge < -0.3 is 10.2 Å². The summed E-state index contributed by atoms with van der Waals surface area (Å²) in [5.74, 6) is 0. The van der Waals surface area contributed by atoms with Crippen LogP contribution in [0.4, 0.5) is 0 Å². The lowest BCUT2D eigenvalue weighted by atomic mass is 10.1. The molecule has 1 atom stereocenters. The van der Waals surface area contributed by atoms with Gasteiger partial charge in [-0.2, -0.15) is 0 Å². The number of hydrogen-bond acceptors (Lipinski definition) is 5. The van der Waals surface area contributed by atoms with Gasteiger partial charge in [0.2, 0.25) is 0 Å². The molecule has 0 radical (unpaired) electrons. The van der Waals surface area contributed by atoms with E-state index >= 15 is 0 Å². The molecule has 0 aliphatic heterocycles. The minimum absolute atomic E-state index is 0.481. The quantitative estimate of drug-likeness (QED) is 0.771. The lowest BCUT2D eigenvalue weighted by molar-refractivity contribution is 0.290. The highest BCUT2D eigenvalue weighted by molar-refractivity contribution is 5.78. The normalized spacial score (nSPS) is 12.9. The summed E-state index contributed by atoms with van der Waals surface area (Å²) in [6.45, 7) is 10.9. The van der Waals surface area contributed by atoms with E-state index in [2.05, 4.69) is 45.9 Å². The molecule has 0 bridgehead atoms. The second-order valence-corrected chi connectivity index (χ2v) is 5.67. The minimum atomic E-state index is 0.481. The van der Waals surface area contributed by atoms with E-state index in [1.807, 2.05) is 18.5 Å². The van der Waals surface area contributed by atoms with E-state index in [4.69, 9.17) is 0 Å². The maximum atomic E-state index is 4.45. The molecule has 120 valence electrons. The Labute approximate surface area is 133 Å². The van der Waals surface area contributed by atoms with E-state index in [0.717, 1.165) is 36.2 Å². The highest BCUT2D eigenvalue weighted by Crippen LogP contribution is 2.12. The number of aromatic nitrogens is 3.